The molecule has 180 valence electrons. The monoisotopic (exact) mass is 479 g/mol. The number of aromatic amines is 1. The number of aromatic nitrogens is 1. The van der Waals surface area contributed by atoms with Crippen LogP contribution in [0.25, 0.3) is 10.9 Å². The quantitative estimate of drug-likeness (QED) is 0.188. The summed E-state index contributed by atoms with van der Waals surface area (Å²) in [6, 6.07) is 2.71. The van der Waals surface area contributed by atoms with Crippen LogP contribution >= 0.6 is 12.6 Å². The van der Waals surface area contributed by atoms with Gasteiger partial charge in [-0.15, -0.1) is 0 Å². The molecule has 0 aliphatic carbocycles. The van der Waals surface area contributed by atoms with Gasteiger partial charge in [0.2, 0.25) is 17.7 Å². The zero-order chi connectivity index (χ0) is 24.7. The number of hydrogen-bond acceptors (Lipinski definition) is 7. The summed E-state index contributed by atoms with van der Waals surface area (Å²) in [6.45, 7) is 2.64. The molecule has 1 aromatic carbocycles. The molecule has 1 heterocycles. The highest BCUT2D eigenvalue weighted by Gasteiger charge is 2.30. The van der Waals surface area contributed by atoms with Gasteiger partial charge in [0.05, 0.1) is 6.10 Å². The van der Waals surface area contributed by atoms with Gasteiger partial charge in [-0.3, -0.25) is 19.2 Å². The van der Waals surface area contributed by atoms with Crippen LogP contribution < -0.4 is 21.7 Å². The predicted molar refractivity (Wildman–Crippen MR) is 125 cm³/mol. The minimum Gasteiger partial charge on any atom is -0.480 e. The normalized spacial score (nSPS) is 15.7. The number of nitrogens with two attached hydrogens (primary N) is 1. The number of aliphatic hydroxyl groups excluding tert-OH is 1. The van der Waals surface area contributed by atoms with Gasteiger partial charge in [-0.2, -0.15) is 12.6 Å². The Balaban J connectivity index is 2.23. The van der Waals surface area contributed by atoms with Crippen molar-refractivity contribution in [2.75, 3.05) is 5.75 Å². The first-order valence-electron chi connectivity index (χ1n) is 10.3. The number of thiol groups is 1. The highest BCUT2D eigenvalue weighted by atomic mass is 32.1. The van der Waals surface area contributed by atoms with E-state index in [9.17, 15) is 24.3 Å². The molecule has 11 nitrogen and oxygen atoms in total. The number of amides is 3. The first-order chi connectivity index (χ1) is 15.5. The highest BCUT2D eigenvalue weighted by Crippen LogP contribution is 2.19. The minimum atomic E-state index is -1.26. The van der Waals surface area contributed by atoms with E-state index in [4.69, 9.17) is 10.8 Å². The first kappa shape index (κ1) is 26.2. The van der Waals surface area contributed by atoms with E-state index in [0.717, 1.165) is 16.5 Å². The smallest absolute Gasteiger partial charge is 0.325 e. The molecule has 0 radical (unpaired) electrons. The second-order valence-corrected chi connectivity index (χ2v) is 8.07. The Kier molecular flexibility index (Phi) is 9.26. The number of para-hydroxylation sites is 1. The summed E-state index contributed by atoms with van der Waals surface area (Å²) in [6.07, 6.45) is 0.638. The molecule has 1 aromatic heterocycles. The number of rotatable bonds is 11. The second kappa shape index (κ2) is 11.7. The third-order valence-corrected chi connectivity index (χ3v) is 5.46. The Labute approximate surface area is 195 Å². The summed E-state index contributed by atoms with van der Waals surface area (Å²) in [5.74, 6) is -3.50. The average Bonchev–Trinajstić information content (AvgIpc) is 3.18. The van der Waals surface area contributed by atoms with E-state index in [0.29, 0.717) is 0 Å². The number of carbonyl (C=O) groups excluding carboxylic acids is 3. The number of benzene rings is 1. The predicted octanol–water partition coefficient (Wildman–Crippen LogP) is -1.09. The van der Waals surface area contributed by atoms with Crippen LogP contribution in [0, 0.1) is 0 Å². The number of nitrogens with one attached hydrogen (secondary N) is 4. The van der Waals surface area contributed by atoms with Crippen LogP contribution in [0.15, 0.2) is 30.5 Å². The van der Waals surface area contributed by atoms with E-state index in [1.54, 1.807) is 6.20 Å². The fourth-order valence-electron chi connectivity index (χ4n) is 3.06. The van der Waals surface area contributed by atoms with Crippen molar-refractivity contribution in [2.24, 2.45) is 5.73 Å². The lowest BCUT2D eigenvalue weighted by molar-refractivity contribution is -0.141. The number of carbonyl (C=O) groups is 4. The van der Waals surface area contributed by atoms with Gasteiger partial charge in [-0.25, -0.2) is 0 Å². The van der Waals surface area contributed by atoms with Gasteiger partial charge >= 0.3 is 5.97 Å². The minimum absolute atomic E-state index is 0.0700. The molecule has 0 aliphatic rings. The van der Waals surface area contributed by atoms with E-state index >= 15 is 0 Å². The maximum absolute atomic E-state index is 13.1. The number of carboxylic acids is 1. The zero-order valence-corrected chi connectivity index (χ0v) is 19.1. The topological polar surface area (TPSA) is 187 Å². The number of aliphatic hydroxyl groups is 1. The summed E-state index contributed by atoms with van der Waals surface area (Å²) in [7, 11) is 0. The van der Waals surface area contributed by atoms with Gasteiger partial charge in [0.15, 0.2) is 0 Å². The Morgan fingerprint density at radius 1 is 1.03 bits per heavy atom. The molecule has 0 aliphatic heterocycles. The standard InChI is InChI=1S/C21H29N5O6S/c1-10(21(31)32)24-19(29)16(9-33)26-18(28)15(25-20(30)17(22)11(2)27)7-12-8-23-14-6-4-3-5-13(12)14/h3-6,8,10-11,15-17,23,27,33H,7,9,22H2,1-2H3,(H,24,29)(H,25,30)(H,26,28)(H,31,32). The van der Waals surface area contributed by atoms with Crippen LogP contribution in [-0.4, -0.2) is 74.9 Å². The number of carboxylic acid groups (broad SMARTS) is 1. The van der Waals surface area contributed by atoms with Crippen LogP contribution in [0.5, 0.6) is 0 Å². The Morgan fingerprint density at radius 3 is 2.24 bits per heavy atom. The van der Waals surface area contributed by atoms with Gasteiger partial charge < -0.3 is 36.9 Å². The average molecular weight is 480 g/mol. The maximum atomic E-state index is 13.1. The van der Waals surface area contributed by atoms with Crippen molar-refractivity contribution >= 4 is 47.2 Å². The fraction of sp³-hybridized carbons (Fsp3) is 0.429. The van der Waals surface area contributed by atoms with E-state index in [-0.39, 0.29) is 12.2 Å². The Bertz CT molecular complexity index is 1010. The molecule has 8 N–H and O–H groups in total. The molecular formula is C21H29N5O6S. The van der Waals surface area contributed by atoms with Gasteiger partial charge in [0, 0.05) is 29.3 Å². The third-order valence-electron chi connectivity index (χ3n) is 5.10. The van der Waals surface area contributed by atoms with Gasteiger partial charge in [0.1, 0.15) is 24.2 Å². The molecular weight excluding hydrogens is 450 g/mol. The van der Waals surface area contributed by atoms with Gasteiger partial charge in [0.25, 0.3) is 0 Å². The third kappa shape index (κ3) is 6.94. The molecule has 5 atom stereocenters. The molecule has 33 heavy (non-hydrogen) atoms. The summed E-state index contributed by atoms with van der Waals surface area (Å²) >= 11 is 4.07. The molecule has 0 fully saturated rings. The van der Waals surface area contributed by atoms with Crippen molar-refractivity contribution in [3.8, 4) is 0 Å². The van der Waals surface area contributed by atoms with Crippen molar-refractivity contribution in [1.29, 1.82) is 0 Å². The van der Waals surface area contributed by atoms with E-state index in [1.165, 1.54) is 13.8 Å². The number of hydrogen-bond donors (Lipinski definition) is 8. The molecule has 12 heteroatoms. The van der Waals surface area contributed by atoms with Gasteiger partial charge in [-0.1, -0.05) is 18.2 Å². The van der Waals surface area contributed by atoms with Crippen LogP contribution in [0.2, 0.25) is 0 Å². The number of aliphatic carboxylic acids is 1. The number of H-pyrrole nitrogens is 1. The molecule has 0 spiro atoms. The van der Waals surface area contributed by atoms with Crippen molar-refractivity contribution in [3.63, 3.8) is 0 Å². The second-order valence-electron chi connectivity index (χ2n) is 7.70. The van der Waals surface area contributed by atoms with Crippen molar-refractivity contribution in [1.82, 2.24) is 20.9 Å². The van der Waals surface area contributed by atoms with Crippen molar-refractivity contribution < 1.29 is 29.4 Å². The molecule has 2 rings (SSSR count). The molecule has 0 saturated heterocycles. The lowest BCUT2D eigenvalue weighted by Gasteiger charge is -2.24. The van der Waals surface area contributed by atoms with Gasteiger partial charge in [-0.05, 0) is 25.5 Å². The van der Waals surface area contributed by atoms with Crippen molar-refractivity contribution in [2.45, 2.75) is 50.5 Å². The van der Waals surface area contributed by atoms with E-state index in [1.807, 2.05) is 24.3 Å². The largest absolute Gasteiger partial charge is 0.480 e. The fourth-order valence-corrected chi connectivity index (χ4v) is 3.32. The molecule has 0 bridgehead atoms. The Morgan fingerprint density at radius 2 is 1.64 bits per heavy atom. The summed E-state index contributed by atoms with van der Waals surface area (Å²) in [5.41, 5.74) is 7.28. The van der Waals surface area contributed by atoms with Crippen LogP contribution in [-0.2, 0) is 25.6 Å². The molecule has 3 amide bonds. The molecule has 5 unspecified atom stereocenters. The van der Waals surface area contributed by atoms with Crippen molar-refractivity contribution in [3.05, 3.63) is 36.0 Å². The summed E-state index contributed by atoms with van der Waals surface area (Å²) < 4.78 is 0. The van der Waals surface area contributed by atoms with Crippen LogP contribution in [0.3, 0.4) is 0 Å². The first-order valence-corrected chi connectivity index (χ1v) is 10.9. The Hall–Kier alpha value is -3.09. The lowest BCUT2D eigenvalue weighted by atomic mass is 10.0. The lowest BCUT2D eigenvalue weighted by Crippen LogP contribution is -2.58. The van der Waals surface area contributed by atoms with Crippen LogP contribution in [0.4, 0.5) is 0 Å². The maximum Gasteiger partial charge on any atom is 0.325 e. The summed E-state index contributed by atoms with van der Waals surface area (Å²) in [4.78, 5) is 52.0. The summed E-state index contributed by atoms with van der Waals surface area (Å²) in [5, 5.41) is 26.7. The SMILES string of the molecule is CC(NC(=O)C(CS)NC(=O)C(Cc1c[nH]c2ccccc12)NC(=O)C(N)C(C)O)C(=O)O. The highest BCUT2D eigenvalue weighted by molar-refractivity contribution is 7.80. The van der Waals surface area contributed by atoms with E-state index in [2.05, 4.69) is 33.6 Å². The number of fused-ring (bicyclic) bond motifs is 1. The zero-order valence-electron chi connectivity index (χ0n) is 18.2. The van der Waals surface area contributed by atoms with Crippen LogP contribution in [0.1, 0.15) is 19.4 Å². The molecule has 0 saturated carbocycles. The molecule has 2 aromatic rings. The van der Waals surface area contributed by atoms with E-state index < -0.39 is 54.0 Å².